The summed E-state index contributed by atoms with van der Waals surface area (Å²) in [7, 11) is 0. The second-order valence-corrected chi connectivity index (χ2v) is 5.63. The van der Waals surface area contributed by atoms with Crippen LogP contribution in [0.2, 0.25) is 0 Å². The molecule has 1 N–H and O–H groups in total. The third-order valence-electron chi connectivity index (χ3n) is 2.59. The maximum Gasteiger partial charge on any atom is 0.161 e. The van der Waals surface area contributed by atoms with E-state index in [2.05, 4.69) is 31.9 Å². The van der Waals surface area contributed by atoms with E-state index in [-0.39, 0.29) is 5.56 Å². The van der Waals surface area contributed by atoms with Gasteiger partial charge < -0.3 is 5.11 Å². The van der Waals surface area contributed by atoms with Crippen LogP contribution < -0.4 is 0 Å². The fraction of sp³-hybridized carbons (Fsp3) is 0.0769. The van der Waals surface area contributed by atoms with Gasteiger partial charge >= 0.3 is 0 Å². The molecule has 0 saturated carbocycles. The minimum atomic E-state index is -1.40. The van der Waals surface area contributed by atoms with Crippen LogP contribution in [0.3, 0.4) is 0 Å². The summed E-state index contributed by atoms with van der Waals surface area (Å²) in [5.41, 5.74) is 0.0250. The highest BCUT2D eigenvalue weighted by atomic mass is 79.9. The Morgan fingerprint density at radius 1 is 0.842 bits per heavy atom. The number of rotatable bonds is 2. The molecule has 0 radical (unpaired) electrons. The van der Waals surface area contributed by atoms with E-state index >= 15 is 0 Å². The molecule has 2 aromatic rings. The van der Waals surface area contributed by atoms with Crippen LogP contribution in [-0.4, -0.2) is 5.11 Å². The van der Waals surface area contributed by atoms with E-state index in [1.165, 1.54) is 0 Å². The molecular formula is C13H7Br2F3O. The molecule has 0 aliphatic carbocycles. The zero-order valence-electron chi connectivity index (χ0n) is 9.30. The number of aliphatic hydroxyl groups is 1. The van der Waals surface area contributed by atoms with Gasteiger partial charge in [0.15, 0.2) is 11.6 Å². The number of hydrogen-bond donors (Lipinski definition) is 1. The Kier molecular flexibility index (Phi) is 4.32. The Morgan fingerprint density at radius 2 is 1.47 bits per heavy atom. The van der Waals surface area contributed by atoms with Gasteiger partial charge in [0.25, 0.3) is 0 Å². The number of hydrogen-bond acceptors (Lipinski definition) is 1. The molecule has 0 aliphatic heterocycles. The molecule has 1 unspecified atom stereocenters. The van der Waals surface area contributed by atoms with Gasteiger partial charge in [-0.3, -0.25) is 0 Å². The van der Waals surface area contributed by atoms with E-state index in [9.17, 15) is 18.3 Å². The van der Waals surface area contributed by atoms with Crippen LogP contribution in [0.15, 0.2) is 39.3 Å². The fourth-order valence-electron chi connectivity index (χ4n) is 1.64. The van der Waals surface area contributed by atoms with Crippen LogP contribution in [0.4, 0.5) is 13.2 Å². The second kappa shape index (κ2) is 5.64. The molecule has 2 aromatic carbocycles. The van der Waals surface area contributed by atoms with Crippen molar-refractivity contribution >= 4 is 31.9 Å². The van der Waals surface area contributed by atoms with Gasteiger partial charge in [-0.1, -0.05) is 31.9 Å². The first-order valence-electron chi connectivity index (χ1n) is 5.17. The largest absolute Gasteiger partial charge is 0.384 e. The maximum atomic E-state index is 13.6. The van der Waals surface area contributed by atoms with Crippen LogP contribution in [0, 0.1) is 17.5 Å². The van der Waals surface area contributed by atoms with Crippen molar-refractivity contribution in [3.8, 4) is 0 Å². The van der Waals surface area contributed by atoms with Gasteiger partial charge in [-0.25, -0.2) is 13.2 Å². The molecule has 19 heavy (non-hydrogen) atoms. The summed E-state index contributed by atoms with van der Waals surface area (Å²) in [6.45, 7) is 0. The molecule has 0 aromatic heterocycles. The molecule has 0 aliphatic rings. The zero-order valence-corrected chi connectivity index (χ0v) is 12.5. The Balaban J connectivity index is 2.52. The topological polar surface area (TPSA) is 20.2 Å². The smallest absolute Gasteiger partial charge is 0.161 e. The average Bonchev–Trinajstić information content (AvgIpc) is 2.36. The predicted octanol–water partition coefficient (Wildman–Crippen LogP) is 4.71. The highest BCUT2D eigenvalue weighted by molar-refractivity contribution is 9.11. The highest BCUT2D eigenvalue weighted by Crippen LogP contribution is 2.32. The van der Waals surface area contributed by atoms with Crippen molar-refractivity contribution in [3.63, 3.8) is 0 Å². The molecule has 0 amide bonds. The molecule has 0 saturated heterocycles. The number of halogens is 5. The van der Waals surface area contributed by atoms with Crippen molar-refractivity contribution in [1.29, 1.82) is 0 Å². The van der Waals surface area contributed by atoms with E-state index < -0.39 is 23.6 Å². The standard InChI is InChI=1S/C13H7Br2F3O/c14-6-1-2-9(15)7(3-6)13(19)8-4-11(17)12(18)5-10(8)16/h1-5,13,19H. The Labute approximate surface area is 124 Å². The Hall–Kier alpha value is -0.850. The average molecular weight is 396 g/mol. The quantitative estimate of drug-likeness (QED) is 0.730. The molecule has 0 heterocycles. The van der Waals surface area contributed by atoms with Crippen molar-refractivity contribution in [2.24, 2.45) is 0 Å². The SMILES string of the molecule is OC(c1cc(F)c(F)cc1F)c1cc(Br)ccc1Br. The van der Waals surface area contributed by atoms with Crippen molar-refractivity contribution in [2.75, 3.05) is 0 Å². The molecule has 2 rings (SSSR count). The summed E-state index contributed by atoms with van der Waals surface area (Å²) in [4.78, 5) is 0. The van der Waals surface area contributed by atoms with Crippen LogP contribution >= 0.6 is 31.9 Å². The predicted molar refractivity (Wildman–Crippen MR) is 72.2 cm³/mol. The first-order valence-corrected chi connectivity index (χ1v) is 6.76. The van der Waals surface area contributed by atoms with E-state index in [4.69, 9.17) is 0 Å². The molecule has 100 valence electrons. The lowest BCUT2D eigenvalue weighted by molar-refractivity contribution is 0.213. The normalized spacial score (nSPS) is 12.5. The highest BCUT2D eigenvalue weighted by Gasteiger charge is 2.20. The lowest BCUT2D eigenvalue weighted by Gasteiger charge is -2.15. The lowest BCUT2D eigenvalue weighted by Crippen LogP contribution is -2.05. The molecule has 0 fully saturated rings. The van der Waals surface area contributed by atoms with E-state index in [0.717, 1.165) is 0 Å². The summed E-state index contributed by atoms with van der Waals surface area (Å²) in [5.74, 6) is -3.50. The van der Waals surface area contributed by atoms with Crippen LogP contribution in [0.1, 0.15) is 17.2 Å². The third-order valence-corrected chi connectivity index (χ3v) is 3.80. The minimum Gasteiger partial charge on any atom is -0.384 e. The van der Waals surface area contributed by atoms with E-state index in [1.54, 1.807) is 18.2 Å². The van der Waals surface area contributed by atoms with E-state index in [0.29, 0.717) is 26.6 Å². The summed E-state index contributed by atoms with van der Waals surface area (Å²) in [5, 5.41) is 10.1. The third kappa shape index (κ3) is 3.01. The van der Waals surface area contributed by atoms with Gasteiger partial charge in [0.1, 0.15) is 11.9 Å². The van der Waals surface area contributed by atoms with Crippen molar-refractivity contribution in [2.45, 2.75) is 6.10 Å². The molecule has 0 bridgehead atoms. The zero-order chi connectivity index (χ0) is 14.2. The lowest BCUT2D eigenvalue weighted by atomic mass is 10.0. The first-order chi connectivity index (χ1) is 8.90. The van der Waals surface area contributed by atoms with Crippen molar-refractivity contribution in [3.05, 3.63) is 67.9 Å². The molecule has 6 heteroatoms. The summed E-state index contributed by atoms with van der Waals surface area (Å²) >= 11 is 6.44. The second-order valence-electron chi connectivity index (χ2n) is 3.86. The molecule has 0 spiro atoms. The maximum absolute atomic E-state index is 13.6. The minimum absolute atomic E-state index is 0.322. The van der Waals surface area contributed by atoms with E-state index in [1.807, 2.05) is 0 Å². The van der Waals surface area contributed by atoms with Crippen molar-refractivity contribution in [1.82, 2.24) is 0 Å². The van der Waals surface area contributed by atoms with Crippen LogP contribution in [-0.2, 0) is 0 Å². The Bertz CT molecular complexity index is 632. The summed E-state index contributed by atoms with van der Waals surface area (Å²) in [6, 6.07) is 6.01. The van der Waals surface area contributed by atoms with Gasteiger partial charge in [0.05, 0.1) is 0 Å². The van der Waals surface area contributed by atoms with Crippen molar-refractivity contribution < 1.29 is 18.3 Å². The summed E-state index contributed by atoms with van der Waals surface area (Å²) in [6.07, 6.45) is -1.40. The Morgan fingerprint density at radius 3 is 2.16 bits per heavy atom. The fourth-order valence-corrected chi connectivity index (χ4v) is 2.48. The number of benzene rings is 2. The monoisotopic (exact) mass is 394 g/mol. The summed E-state index contributed by atoms with van der Waals surface area (Å²) < 4.78 is 40.8. The van der Waals surface area contributed by atoms with Gasteiger partial charge in [-0.05, 0) is 24.3 Å². The molecular weight excluding hydrogens is 389 g/mol. The van der Waals surface area contributed by atoms with Gasteiger partial charge in [0, 0.05) is 26.1 Å². The van der Waals surface area contributed by atoms with Gasteiger partial charge in [-0.15, -0.1) is 0 Å². The van der Waals surface area contributed by atoms with Crippen LogP contribution in [0.25, 0.3) is 0 Å². The molecule has 1 nitrogen and oxygen atoms in total. The first kappa shape index (κ1) is 14.6. The number of aliphatic hydroxyl groups excluding tert-OH is 1. The van der Waals surface area contributed by atoms with Gasteiger partial charge in [0.2, 0.25) is 0 Å². The molecule has 1 atom stereocenters. The van der Waals surface area contributed by atoms with Crippen LogP contribution in [0.5, 0.6) is 0 Å². The van der Waals surface area contributed by atoms with Gasteiger partial charge in [-0.2, -0.15) is 0 Å².